The molecule has 0 heterocycles. The van der Waals surface area contributed by atoms with Crippen LogP contribution in [0.2, 0.25) is 0 Å². The summed E-state index contributed by atoms with van der Waals surface area (Å²) in [5.41, 5.74) is 0.729. The van der Waals surface area contributed by atoms with Crippen LogP contribution in [0.15, 0.2) is 30.3 Å². The van der Waals surface area contributed by atoms with Gasteiger partial charge in [-0.25, -0.2) is 0 Å². The molecule has 0 bridgehead atoms. The van der Waals surface area contributed by atoms with Crippen LogP contribution < -0.4 is 0 Å². The molecule has 0 aliphatic heterocycles. The molecule has 0 radical (unpaired) electrons. The fraction of sp³-hybridized carbons (Fsp3) is 0. The minimum atomic E-state index is 0. The van der Waals surface area contributed by atoms with Crippen LogP contribution >= 0.6 is 0 Å². The number of hydrogen-bond donors (Lipinski definition) is 0. The van der Waals surface area contributed by atoms with E-state index in [0.29, 0.717) is 0 Å². The van der Waals surface area contributed by atoms with Crippen molar-refractivity contribution in [2.45, 2.75) is 0 Å². The molecule has 0 spiro atoms. The molecule has 0 aliphatic rings. The van der Waals surface area contributed by atoms with E-state index >= 15 is 0 Å². The zero-order chi connectivity index (χ0) is 5.82. The van der Waals surface area contributed by atoms with E-state index in [4.69, 9.17) is 0 Å². The fourth-order valence-corrected chi connectivity index (χ4v) is 0.532. The SMILES string of the molecule is O=Cc1ccccc1.[SeH2]. The third-order valence-electron chi connectivity index (χ3n) is 0.936. The van der Waals surface area contributed by atoms with Crippen LogP contribution in [-0.4, -0.2) is 23.4 Å². The van der Waals surface area contributed by atoms with Crippen LogP contribution in [0.1, 0.15) is 10.4 Å². The van der Waals surface area contributed by atoms with Crippen LogP contribution in [0.25, 0.3) is 0 Å². The van der Waals surface area contributed by atoms with Crippen molar-refractivity contribution < 1.29 is 4.79 Å². The Morgan fingerprint density at radius 3 is 2.00 bits per heavy atom. The average molecular weight is 187 g/mol. The van der Waals surface area contributed by atoms with Gasteiger partial charge in [0.1, 0.15) is 6.29 Å². The summed E-state index contributed by atoms with van der Waals surface area (Å²) in [6, 6.07) is 9.10. The molecule has 1 aromatic carbocycles. The predicted molar refractivity (Wildman–Crippen MR) is 40.4 cm³/mol. The first-order chi connectivity index (χ1) is 3.93. The second-order valence-corrected chi connectivity index (χ2v) is 1.53. The monoisotopic (exact) mass is 188 g/mol. The van der Waals surface area contributed by atoms with Crippen molar-refractivity contribution in [1.82, 2.24) is 0 Å². The normalized spacial score (nSPS) is 7.56. The Morgan fingerprint density at radius 2 is 1.67 bits per heavy atom. The first-order valence-electron chi connectivity index (χ1n) is 2.44. The number of hydrogen-bond acceptors (Lipinski definition) is 1. The third kappa shape index (κ3) is 2.45. The molecule has 1 nitrogen and oxygen atoms in total. The molecule has 48 valence electrons. The Bertz CT molecular complexity index is 172. The number of carbonyl (C=O) groups excluding carboxylic acids is 1. The Hall–Kier alpha value is -0.591. The third-order valence-corrected chi connectivity index (χ3v) is 0.936. The van der Waals surface area contributed by atoms with E-state index in [9.17, 15) is 4.79 Å². The summed E-state index contributed by atoms with van der Waals surface area (Å²) in [4.78, 5) is 10.0. The van der Waals surface area contributed by atoms with E-state index in [1.54, 1.807) is 12.1 Å². The van der Waals surface area contributed by atoms with E-state index in [1.807, 2.05) is 18.2 Å². The molecule has 0 fully saturated rings. The van der Waals surface area contributed by atoms with E-state index in [-0.39, 0.29) is 17.1 Å². The zero-order valence-corrected chi connectivity index (χ0v) is 6.97. The van der Waals surface area contributed by atoms with Crippen LogP contribution in [0.4, 0.5) is 0 Å². The van der Waals surface area contributed by atoms with Crippen LogP contribution in [0.5, 0.6) is 0 Å². The molecule has 0 aliphatic carbocycles. The summed E-state index contributed by atoms with van der Waals surface area (Å²) in [6.45, 7) is 0. The van der Waals surface area contributed by atoms with Gasteiger partial charge < -0.3 is 0 Å². The van der Waals surface area contributed by atoms with Gasteiger partial charge in [0.15, 0.2) is 0 Å². The van der Waals surface area contributed by atoms with Gasteiger partial charge in [0.2, 0.25) is 0 Å². The fourth-order valence-electron chi connectivity index (χ4n) is 0.532. The first-order valence-corrected chi connectivity index (χ1v) is 2.44. The van der Waals surface area contributed by atoms with Crippen molar-refractivity contribution in [2.24, 2.45) is 0 Å². The Balaban J connectivity index is 0.000000640. The summed E-state index contributed by atoms with van der Waals surface area (Å²) >= 11 is 0. The maximum atomic E-state index is 10.0. The van der Waals surface area contributed by atoms with Gasteiger partial charge in [-0.15, -0.1) is 0 Å². The van der Waals surface area contributed by atoms with Gasteiger partial charge in [-0.2, -0.15) is 0 Å². The molecular weight excluding hydrogens is 179 g/mol. The summed E-state index contributed by atoms with van der Waals surface area (Å²) < 4.78 is 0. The predicted octanol–water partition coefficient (Wildman–Crippen LogP) is 0.583. The van der Waals surface area contributed by atoms with E-state index in [2.05, 4.69) is 0 Å². The van der Waals surface area contributed by atoms with E-state index < -0.39 is 0 Å². The summed E-state index contributed by atoms with van der Waals surface area (Å²) in [6.07, 6.45) is 0.833. The molecule has 0 aromatic heterocycles. The average Bonchev–Trinajstić information content (AvgIpc) is 1.90. The molecule has 0 saturated heterocycles. The van der Waals surface area contributed by atoms with Gasteiger partial charge in [0, 0.05) is 5.56 Å². The standard InChI is InChI=1S/C7H6O.H2Se/c8-6-7-4-2-1-3-5-7;/h1-6H;1H2. The Morgan fingerprint density at radius 1 is 1.11 bits per heavy atom. The molecule has 0 N–H and O–H groups in total. The quantitative estimate of drug-likeness (QED) is 0.464. The minimum absolute atomic E-state index is 0. The zero-order valence-electron chi connectivity index (χ0n) is 4.87. The van der Waals surface area contributed by atoms with Crippen LogP contribution in [0.3, 0.4) is 0 Å². The summed E-state index contributed by atoms with van der Waals surface area (Å²) in [7, 11) is 0. The van der Waals surface area contributed by atoms with Gasteiger partial charge >= 0.3 is 17.1 Å². The molecule has 0 unspecified atom stereocenters. The van der Waals surface area contributed by atoms with E-state index in [0.717, 1.165) is 11.8 Å². The van der Waals surface area contributed by atoms with Crippen molar-refractivity contribution in [1.29, 1.82) is 0 Å². The van der Waals surface area contributed by atoms with Gasteiger partial charge in [0.05, 0.1) is 0 Å². The molecular formula is C7H8OSe. The van der Waals surface area contributed by atoms with Crippen molar-refractivity contribution in [3.05, 3.63) is 35.9 Å². The molecule has 0 saturated carbocycles. The van der Waals surface area contributed by atoms with Crippen LogP contribution in [-0.2, 0) is 0 Å². The summed E-state index contributed by atoms with van der Waals surface area (Å²) in [5.74, 6) is 0. The van der Waals surface area contributed by atoms with Crippen molar-refractivity contribution >= 4 is 23.4 Å². The number of rotatable bonds is 1. The summed E-state index contributed by atoms with van der Waals surface area (Å²) in [5, 5.41) is 0. The van der Waals surface area contributed by atoms with Gasteiger partial charge in [-0.1, -0.05) is 30.3 Å². The van der Waals surface area contributed by atoms with Crippen LogP contribution in [0, 0.1) is 0 Å². The molecule has 1 rings (SSSR count). The van der Waals surface area contributed by atoms with Crippen molar-refractivity contribution in [3.8, 4) is 0 Å². The Labute approximate surface area is 64.6 Å². The molecule has 0 amide bonds. The van der Waals surface area contributed by atoms with Gasteiger partial charge in [-0.3, -0.25) is 4.79 Å². The molecule has 1 aromatic rings. The van der Waals surface area contributed by atoms with Crippen molar-refractivity contribution in [2.75, 3.05) is 0 Å². The second-order valence-electron chi connectivity index (χ2n) is 1.53. The number of aldehydes is 1. The first kappa shape index (κ1) is 8.41. The Kier molecular flexibility index (Phi) is 4.02. The van der Waals surface area contributed by atoms with Crippen molar-refractivity contribution in [3.63, 3.8) is 0 Å². The molecule has 0 atom stereocenters. The van der Waals surface area contributed by atoms with Gasteiger partial charge in [-0.05, 0) is 0 Å². The van der Waals surface area contributed by atoms with E-state index in [1.165, 1.54) is 0 Å². The maximum absolute atomic E-state index is 10.0. The molecule has 9 heavy (non-hydrogen) atoms. The van der Waals surface area contributed by atoms with Gasteiger partial charge in [0.25, 0.3) is 0 Å². The number of carbonyl (C=O) groups is 1. The second kappa shape index (κ2) is 4.30. The number of benzene rings is 1. The topological polar surface area (TPSA) is 17.1 Å². The molecule has 2 heteroatoms.